The maximum atomic E-state index is 12.7. The maximum absolute atomic E-state index is 12.7. The smallest absolute Gasteiger partial charge is 0.270 e. The number of carbonyl (C=O) groups is 1. The summed E-state index contributed by atoms with van der Waals surface area (Å²) in [4.78, 5) is 12.4. The minimum absolute atomic E-state index is 0.0404. The third-order valence-corrected chi connectivity index (χ3v) is 7.70. The van der Waals surface area contributed by atoms with E-state index in [2.05, 4.69) is 20.2 Å². The van der Waals surface area contributed by atoms with E-state index in [1.165, 1.54) is 18.2 Å². The van der Waals surface area contributed by atoms with Crippen LogP contribution < -0.4 is 10.0 Å². The highest BCUT2D eigenvalue weighted by molar-refractivity contribution is 7.91. The zero-order valence-electron chi connectivity index (χ0n) is 16.8. The number of hydrogen-bond acceptors (Lipinski definition) is 6. The van der Waals surface area contributed by atoms with Crippen LogP contribution in [0.3, 0.4) is 0 Å². The number of nitrogens with one attached hydrogen (secondary N) is 2. The van der Waals surface area contributed by atoms with Crippen LogP contribution in [0.15, 0.2) is 40.7 Å². The van der Waals surface area contributed by atoms with Gasteiger partial charge in [-0.05, 0) is 47.7 Å². The lowest BCUT2D eigenvalue weighted by atomic mass is 10.0. The molecule has 11 heteroatoms. The van der Waals surface area contributed by atoms with Gasteiger partial charge >= 0.3 is 0 Å². The summed E-state index contributed by atoms with van der Waals surface area (Å²) >= 11 is 12.6. The summed E-state index contributed by atoms with van der Waals surface area (Å²) in [6, 6.07) is 10.5. The van der Waals surface area contributed by atoms with E-state index in [-0.39, 0.29) is 26.6 Å². The van der Waals surface area contributed by atoms with Crippen molar-refractivity contribution in [3.05, 3.63) is 68.7 Å². The number of aromatic nitrogens is 2. The molecule has 1 heterocycles. The van der Waals surface area contributed by atoms with Crippen LogP contribution in [0.25, 0.3) is 0 Å². The molecule has 0 aliphatic heterocycles. The van der Waals surface area contributed by atoms with Crippen LogP contribution in [0, 0.1) is 0 Å². The van der Waals surface area contributed by atoms with Crippen molar-refractivity contribution in [2.45, 2.75) is 37.6 Å². The largest absolute Gasteiger partial charge is 0.296 e. The molecule has 0 saturated carbocycles. The third-order valence-electron chi connectivity index (χ3n) is 4.55. The highest BCUT2D eigenvalue weighted by atomic mass is 35.5. The summed E-state index contributed by atoms with van der Waals surface area (Å²) in [7, 11) is -3.90. The van der Waals surface area contributed by atoms with Gasteiger partial charge < -0.3 is 0 Å². The van der Waals surface area contributed by atoms with E-state index in [1.54, 1.807) is 0 Å². The average Bonchev–Trinajstić information content (AvgIpc) is 3.21. The lowest BCUT2D eigenvalue weighted by Crippen LogP contribution is -2.23. The Morgan fingerprint density at radius 1 is 1.03 bits per heavy atom. The zero-order chi connectivity index (χ0) is 22.6. The molecule has 1 amide bonds. The number of aryl methyl sites for hydroxylation is 2. The van der Waals surface area contributed by atoms with E-state index < -0.39 is 15.9 Å². The summed E-state index contributed by atoms with van der Waals surface area (Å²) in [5.74, 6) is -0.543. The van der Waals surface area contributed by atoms with Crippen LogP contribution in [0.1, 0.15) is 40.9 Å². The molecule has 2 aromatic carbocycles. The van der Waals surface area contributed by atoms with E-state index in [1.807, 2.05) is 32.0 Å². The fourth-order valence-corrected chi connectivity index (χ4v) is 5.29. The second-order valence-electron chi connectivity index (χ2n) is 6.59. The van der Waals surface area contributed by atoms with Crippen molar-refractivity contribution >= 4 is 55.6 Å². The molecule has 0 radical (unpaired) electrons. The van der Waals surface area contributed by atoms with Crippen molar-refractivity contribution < 1.29 is 13.2 Å². The van der Waals surface area contributed by atoms with Crippen LogP contribution in [-0.4, -0.2) is 24.5 Å². The molecule has 0 bridgehead atoms. The lowest BCUT2D eigenvalue weighted by Gasteiger charge is -2.10. The molecular weight excluding hydrogens is 479 g/mol. The van der Waals surface area contributed by atoms with Gasteiger partial charge in [-0.15, -0.1) is 10.2 Å². The predicted octanol–water partition coefficient (Wildman–Crippen LogP) is 4.70. The first-order valence-corrected chi connectivity index (χ1v) is 12.5. The number of nitrogens with zero attached hydrogens (tertiary/aromatic N) is 2. The van der Waals surface area contributed by atoms with Gasteiger partial charge in [0.2, 0.25) is 9.47 Å². The molecule has 7 nitrogen and oxygen atoms in total. The van der Waals surface area contributed by atoms with Gasteiger partial charge in [0.25, 0.3) is 15.9 Å². The first-order valence-electron chi connectivity index (χ1n) is 9.43. The molecule has 0 saturated heterocycles. The Bertz CT molecular complexity index is 1210. The monoisotopic (exact) mass is 498 g/mol. The number of rotatable bonds is 8. The van der Waals surface area contributed by atoms with Gasteiger partial charge in [0, 0.05) is 11.6 Å². The number of anilines is 1. The summed E-state index contributed by atoms with van der Waals surface area (Å²) in [5, 5.41) is 10.6. The molecular formula is C20H20Cl2N4O3S2. The molecule has 3 aromatic rings. The van der Waals surface area contributed by atoms with Crippen LogP contribution in [0.2, 0.25) is 10.0 Å². The highest BCUT2D eigenvalue weighted by Gasteiger charge is 2.22. The number of hydrogen-bond donors (Lipinski definition) is 2. The van der Waals surface area contributed by atoms with Gasteiger partial charge in [-0.3, -0.25) is 10.1 Å². The summed E-state index contributed by atoms with van der Waals surface area (Å²) in [6.45, 7) is 4.20. The fourth-order valence-electron chi connectivity index (χ4n) is 2.85. The van der Waals surface area contributed by atoms with Crippen LogP contribution >= 0.6 is 34.5 Å². The Morgan fingerprint density at radius 3 is 2.48 bits per heavy atom. The number of halogens is 2. The summed E-state index contributed by atoms with van der Waals surface area (Å²) in [6.07, 6.45) is 1.66. The number of carbonyl (C=O) groups excluding carboxylic acids is 1. The van der Waals surface area contributed by atoms with Crippen LogP contribution in [0.5, 0.6) is 0 Å². The zero-order valence-corrected chi connectivity index (χ0v) is 19.9. The van der Waals surface area contributed by atoms with Crippen molar-refractivity contribution in [3.63, 3.8) is 0 Å². The minimum atomic E-state index is -3.90. The quantitative estimate of drug-likeness (QED) is 0.438. The minimum Gasteiger partial charge on any atom is -0.296 e. The average molecular weight is 499 g/mol. The molecule has 0 aliphatic rings. The second kappa shape index (κ2) is 10.1. The van der Waals surface area contributed by atoms with Gasteiger partial charge in [0.15, 0.2) is 0 Å². The molecule has 0 atom stereocenters. The normalized spacial score (nSPS) is 11.5. The van der Waals surface area contributed by atoms with Crippen LogP contribution in [0.4, 0.5) is 5.13 Å². The molecule has 0 aliphatic carbocycles. The van der Waals surface area contributed by atoms with Gasteiger partial charge in [-0.1, -0.05) is 66.6 Å². The van der Waals surface area contributed by atoms with Crippen molar-refractivity contribution in [2.24, 2.45) is 0 Å². The Morgan fingerprint density at radius 2 is 1.81 bits per heavy atom. The van der Waals surface area contributed by atoms with Crippen molar-refractivity contribution in [1.82, 2.24) is 14.9 Å². The molecule has 0 spiro atoms. The maximum Gasteiger partial charge on any atom is 0.270 e. The summed E-state index contributed by atoms with van der Waals surface area (Å²) in [5.41, 5.74) is 3.31. The van der Waals surface area contributed by atoms with Crippen molar-refractivity contribution in [3.8, 4) is 0 Å². The van der Waals surface area contributed by atoms with Gasteiger partial charge in [0.1, 0.15) is 0 Å². The molecule has 2 N–H and O–H groups in total. The van der Waals surface area contributed by atoms with Crippen LogP contribution in [-0.2, 0) is 29.4 Å². The molecule has 31 heavy (non-hydrogen) atoms. The topological polar surface area (TPSA) is 101 Å². The van der Waals surface area contributed by atoms with Gasteiger partial charge in [0.05, 0.1) is 10.6 Å². The molecule has 1 aromatic heterocycles. The number of amides is 1. The second-order valence-corrected chi connectivity index (χ2v) is 10.3. The summed E-state index contributed by atoms with van der Waals surface area (Å²) < 4.78 is 27.7. The Kier molecular flexibility index (Phi) is 7.66. The van der Waals surface area contributed by atoms with Crippen molar-refractivity contribution in [1.29, 1.82) is 0 Å². The highest BCUT2D eigenvalue weighted by Crippen LogP contribution is 2.24. The van der Waals surface area contributed by atoms with E-state index in [4.69, 9.17) is 23.2 Å². The van der Waals surface area contributed by atoms with E-state index in [0.717, 1.165) is 40.9 Å². The number of benzene rings is 2. The molecule has 0 unspecified atom stereocenters. The standard InChI is InChI=1S/C20H20Cl2N4O3S2/c1-3-12-5-6-13(4-2)14(9-12)11-23-31(28,29)20-26-25-19(30-20)24-18(27)16-8-7-15(21)10-17(16)22/h5-10,23H,3-4,11H2,1-2H3,(H,24,25,27). The molecule has 0 fully saturated rings. The number of sulfonamides is 1. The third kappa shape index (κ3) is 5.81. The Balaban J connectivity index is 1.72. The van der Waals surface area contributed by atoms with E-state index in [0.29, 0.717) is 5.02 Å². The van der Waals surface area contributed by atoms with Crippen molar-refractivity contribution in [2.75, 3.05) is 5.32 Å². The molecule has 3 rings (SSSR count). The first-order chi connectivity index (χ1) is 14.7. The van der Waals surface area contributed by atoms with Gasteiger partial charge in [-0.25, -0.2) is 13.1 Å². The van der Waals surface area contributed by atoms with E-state index >= 15 is 0 Å². The first kappa shape index (κ1) is 23.6. The fraction of sp³-hybridized carbons (Fsp3) is 0.250. The Labute approximate surface area is 194 Å². The van der Waals surface area contributed by atoms with Gasteiger partial charge in [-0.2, -0.15) is 0 Å². The predicted molar refractivity (Wildman–Crippen MR) is 124 cm³/mol. The van der Waals surface area contributed by atoms with E-state index in [9.17, 15) is 13.2 Å². The Hall–Kier alpha value is -2.04. The SMILES string of the molecule is CCc1ccc(CC)c(CNS(=O)(=O)c2nnc(NC(=O)c3ccc(Cl)cc3Cl)s2)c1. The molecule has 164 valence electrons. The lowest BCUT2D eigenvalue weighted by molar-refractivity contribution is 0.102.